The van der Waals surface area contributed by atoms with Crippen molar-refractivity contribution in [2.75, 3.05) is 18.9 Å². The molecule has 1 aliphatic rings. The molecule has 1 fully saturated rings. The molecule has 9 nitrogen and oxygen atoms in total. The minimum Gasteiger partial charge on any atom is -0.382 e. The SMILES string of the molecule is Nc1n[nH]c2c(-c3cc(=O)n(C4CCOCC4)cn3)cn(-c3c(F)cccc3F)c(=O)c12. The first kappa shape index (κ1) is 20.1. The molecule has 1 saturated heterocycles. The lowest BCUT2D eigenvalue weighted by Gasteiger charge is -2.23. The topological polar surface area (TPSA) is 121 Å². The maximum Gasteiger partial charge on any atom is 0.268 e. The molecule has 0 amide bonds. The van der Waals surface area contributed by atoms with Crippen molar-refractivity contribution in [2.24, 2.45) is 0 Å². The molecular formula is C21H18F2N6O3. The summed E-state index contributed by atoms with van der Waals surface area (Å²) in [5.41, 5.74) is 4.93. The summed E-state index contributed by atoms with van der Waals surface area (Å²) in [6, 6.07) is 4.57. The Morgan fingerprint density at radius 3 is 2.56 bits per heavy atom. The van der Waals surface area contributed by atoms with Crippen molar-refractivity contribution in [3.05, 3.63) is 69.1 Å². The van der Waals surface area contributed by atoms with E-state index in [0.717, 1.165) is 16.7 Å². The van der Waals surface area contributed by atoms with Gasteiger partial charge in [0.05, 0.1) is 17.5 Å². The minimum atomic E-state index is -0.928. The number of ether oxygens (including phenoxy) is 1. The van der Waals surface area contributed by atoms with E-state index in [9.17, 15) is 18.4 Å². The van der Waals surface area contributed by atoms with Crippen molar-refractivity contribution in [3.8, 4) is 16.9 Å². The maximum absolute atomic E-state index is 14.5. The molecule has 0 unspecified atom stereocenters. The fraction of sp³-hybridized carbons (Fsp3) is 0.238. The van der Waals surface area contributed by atoms with E-state index in [0.29, 0.717) is 26.1 Å². The van der Waals surface area contributed by atoms with E-state index >= 15 is 0 Å². The molecule has 0 spiro atoms. The molecule has 4 aromatic rings. The van der Waals surface area contributed by atoms with Gasteiger partial charge in [0.15, 0.2) is 5.82 Å². The second-order valence-corrected chi connectivity index (χ2v) is 7.51. The zero-order valence-corrected chi connectivity index (χ0v) is 16.7. The molecule has 5 rings (SSSR count). The Hall–Kier alpha value is -3.86. The molecule has 164 valence electrons. The molecule has 0 atom stereocenters. The van der Waals surface area contributed by atoms with Crippen LogP contribution >= 0.6 is 0 Å². The molecule has 0 radical (unpaired) electrons. The van der Waals surface area contributed by atoms with Gasteiger partial charge in [-0.25, -0.2) is 13.8 Å². The number of H-pyrrole nitrogens is 1. The highest BCUT2D eigenvalue weighted by Crippen LogP contribution is 2.28. The predicted octanol–water partition coefficient (Wildman–Crippen LogP) is 2.15. The Morgan fingerprint density at radius 2 is 1.88 bits per heavy atom. The van der Waals surface area contributed by atoms with Gasteiger partial charge < -0.3 is 10.5 Å². The van der Waals surface area contributed by atoms with Crippen molar-refractivity contribution in [3.63, 3.8) is 0 Å². The molecule has 0 saturated carbocycles. The summed E-state index contributed by atoms with van der Waals surface area (Å²) < 4.78 is 36.6. The third-order valence-corrected chi connectivity index (χ3v) is 5.63. The van der Waals surface area contributed by atoms with Crippen LogP contribution in [0.15, 0.2) is 46.4 Å². The molecule has 0 bridgehead atoms. The van der Waals surface area contributed by atoms with Gasteiger partial charge in [0.1, 0.15) is 22.7 Å². The largest absolute Gasteiger partial charge is 0.382 e. The molecule has 3 aromatic heterocycles. The van der Waals surface area contributed by atoms with Crippen molar-refractivity contribution < 1.29 is 13.5 Å². The van der Waals surface area contributed by atoms with Crippen LogP contribution in [0.4, 0.5) is 14.6 Å². The number of anilines is 1. The van der Waals surface area contributed by atoms with Gasteiger partial charge in [-0.3, -0.25) is 23.8 Å². The van der Waals surface area contributed by atoms with Crippen LogP contribution in [0.2, 0.25) is 0 Å². The van der Waals surface area contributed by atoms with E-state index in [1.54, 1.807) is 0 Å². The zero-order chi connectivity index (χ0) is 22.4. The van der Waals surface area contributed by atoms with Gasteiger partial charge >= 0.3 is 0 Å². The highest BCUT2D eigenvalue weighted by molar-refractivity contribution is 5.97. The van der Waals surface area contributed by atoms with E-state index < -0.39 is 22.9 Å². The normalized spacial score (nSPS) is 14.8. The van der Waals surface area contributed by atoms with E-state index in [2.05, 4.69) is 15.2 Å². The summed E-state index contributed by atoms with van der Waals surface area (Å²) >= 11 is 0. The summed E-state index contributed by atoms with van der Waals surface area (Å²) in [5.74, 6) is -1.99. The summed E-state index contributed by atoms with van der Waals surface area (Å²) in [7, 11) is 0. The summed E-state index contributed by atoms with van der Waals surface area (Å²) in [5, 5.41) is 6.47. The van der Waals surface area contributed by atoms with Gasteiger partial charge in [-0.1, -0.05) is 6.07 Å². The number of nitrogens with two attached hydrogens (primary N) is 1. The summed E-state index contributed by atoms with van der Waals surface area (Å²) in [4.78, 5) is 30.2. The molecular weight excluding hydrogens is 422 g/mol. The van der Waals surface area contributed by atoms with Gasteiger partial charge in [0.25, 0.3) is 11.1 Å². The second kappa shape index (κ2) is 7.68. The maximum atomic E-state index is 14.5. The van der Waals surface area contributed by atoms with Gasteiger partial charge in [-0.2, -0.15) is 5.10 Å². The molecule has 11 heteroatoms. The Bertz CT molecular complexity index is 1430. The predicted molar refractivity (Wildman–Crippen MR) is 113 cm³/mol. The van der Waals surface area contributed by atoms with E-state index in [1.807, 2.05) is 0 Å². The van der Waals surface area contributed by atoms with Crippen molar-refractivity contribution >= 4 is 16.7 Å². The van der Waals surface area contributed by atoms with Gasteiger partial charge in [-0.05, 0) is 25.0 Å². The highest BCUT2D eigenvalue weighted by Gasteiger charge is 2.22. The summed E-state index contributed by atoms with van der Waals surface area (Å²) in [6.45, 7) is 1.12. The lowest BCUT2D eigenvalue weighted by atomic mass is 10.1. The standard InChI is InChI=1S/C21H18F2N6O3/c22-13-2-1-3-14(23)19(13)28-9-12(18-17(21(28)31)20(24)27-26-18)15-8-16(30)29(10-25-15)11-4-6-32-7-5-11/h1-3,8-11H,4-7H2,(H3,24,26,27). The highest BCUT2D eigenvalue weighted by atomic mass is 19.1. The van der Waals surface area contributed by atoms with Gasteiger partial charge in [0.2, 0.25) is 0 Å². The average molecular weight is 440 g/mol. The Kier molecular flexibility index (Phi) is 4.82. The number of hydrogen-bond donors (Lipinski definition) is 2. The first-order chi connectivity index (χ1) is 15.5. The third kappa shape index (κ3) is 3.17. The van der Waals surface area contributed by atoms with Crippen LogP contribution in [0.1, 0.15) is 18.9 Å². The summed E-state index contributed by atoms with van der Waals surface area (Å²) in [6.07, 6.45) is 4.04. The van der Waals surface area contributed by atoms with Gasteiger partial charge in [0, 0.05) is 37.1 Å². The molecule has 3 N–H and O–H groups in total. The number of nitrogens with zero attached hydrogens (tertiary/aromatic N) is 4. The molecule has 32 heavy (non-hydrogen) atoms. The monoisotopic (exact) mass is 440 g/mol. The average Bonchev–Trinajstić information content (AvgIpc) is 3.17. The van der Waals surface area contributed by atoms with Crippen molar-refractivity contribution in [2.45, 2.75) is 18.9 Å². The van der Waals surface area contributed by atoms with Crippen LogP contribution in [0.3, 0.4) is 0 Å². The number of pyridine rings is 1. The van der Waals surface area contributed by atoms with Crippen LogP contribution in [-0.2, 0) is 4.74 Å². The number of aromatic nitrogens is 5. The number of nitrogens with one attached hydrogen (secondary N) is 1. The first-order valence-corrected chi connectivity index (χ1v) is 9.95. The van der Waals surface area contributed by atoms with Crippen molar-refractivity contribution in [1.82, 2.24) is 24.3 Å². The number of halogens is 2. The van der Waals surface area contributed by atoms with Crippen LogP contribution < -0.4 is 16.9 Å². The number of para-hydroxylation sites is 1. The lowest BCUT2D eigenvalue weighted by Crippen LogP contribution is -2.29. The second-order valence-electron chi connectivity index (χ2n) is 7.51. The number of rotatable bonds is 3. The lowest BCUT2D eigenvalue weighted by molar-refractivity contribution is 0.0684. The molecule has 1 aliphatic heterocycles. The van der Waals surface area contributed by atoms with Crippen molar-refractivity contribution in [1.29, 1.82) is 0 Å². The molecule has 0 aliphatic carbocycles. The van der Waals surface area contributed by atoms with Crippen LogP contribution in [0, 0.1) is 11.6 Å². The number of aromatic amines is 1. The Labute approximate surface area is 179 Å². The number of hydrogen-bond acceptors (Lipinski definition) is 6. The van der Waals surface area contributed by atoms with E-state index in [4.69, 9.17) is 10.5 Å². The first-order valence-electron chi connectivity index (χ1n) is 9.95. The Balaban J connectivity index is 1.73. The minimum absolute atomic E-state index is 0.0258. The number of fused-ring (bicyclic) bond motifs is 1. The zero-order valence-electron chi connectivity index (χ0n) is 16.7. The number of nitrogen functional groups attached to an aromatic ring is 1. The van der Waals surface area contributed by atoms with Crippen LogP contribution in [0.5, 0.6) is 0 Å². The third-order valence-electron chi connectivity index (χ3n) is 5.63. The van der Waals surface area contributed by atoms with Gasteiger partial charge in [-0.15, -0.1) is 0 Å². The van der Waals surface area contributed by atoms with Crippen LogP contribution in [-0.4, -0.2) is 37.5 Å². The van der Waals surface area contributed by atoms with E-state index in [-0.39, 0.29) is 39.6 Å². The number of benzene rings is 1. The smallest absolute Gasteiger partial charge is 0.268 e. The quantitative estimate of drug-likeness (QED) is 0.504. The fourth-order valence-corrected chi connectivity index (χ4v) is 4.01. The Morgan fingerprint density at radius 1 is 1.16 bits per heavy atom. The van der Waals surface area contributed by atoms with Crippen LogP contribution in [0.25, 0.3) is 27.8 Å². The fourth-order valence-electron chi connectivity index (χ4n) is 4.01. The van der Waals surface area contributed by atoms with E-state index in [1.165, 1.54) is 29.2 Å². The molecule has 1 aromatic carbocycles. The molecule has 4 heterocycles.